The first-order chi connectivity index (χ1) is 13.6. The van der Waals surface area contributed by atoms with E-state index in [0.29, 0.717) is 29.4 Å². The van der Waals surface area contributed by atoms with Crippen molar-refractivity contribution in [3.63, 3.8) is 0 Å². The number of nitrogens with zero attached hydrogens (tertiary/aromatic N) is 1. The minimum Gasteiger partial charge on any atom is -0.463 e. The highest BCUT2D eigenvalue weighted by atomic mass is 32.2. The van der Waals surface area contributed by atoms with E-state index in [0.717, 1.165) is 11.3 Å². The summed E-state index contributed by atoms with van der Waals surface area (Å²) < 4.78 is 18.7. The maximum absolute atomic E-state index is 13.6. The van der Waals surface area contributed by atoms with E-state index in [-0.39, 0.29) is 23.7 Å². The predicted molar refractivity (Wildman–Crippen MR) is 108 cm³/mol. The minimum absolute atomic E-state index is 0.0662. The Balaban J connectivity index is 1.52. The number of amides is 3. The van der Waals surface area contributed by atoms with Crippen molar-refractivity contribution < 1.29 is 23.5 Å². The van der Waals surface area contributed by atoms with Gasteiger partial charge in [0.2, 0.25) is 0 Å². The van der Waals surface area contributed by atoms with Gasteiger partial charge in [-0.1, -0.05) is 32.9 Å². The normalized spacial score (nSPS) is 25.9. The topological polar surface area (TPSA) is 75.7 Å². The van der Waals surface area contributed by atoms with Crippen LogP contribution in [-0.4, -0.2) is 47.3 Å². The number of hydrogen-bond donors (Lipinski definition) is 1. The molecule has 2 aliphatic rings. The van der Waals surface area contributed by atoms with Crippen molar-refractivity contribution in [2.45, 2.75) is 50.5 Å². The van der Waals surface area contributed by atoms with Crippen molar-refractivity contribution in [2.24, 2.45) is 11.3 Å². The van der Waals surface area contributed by atoms with E-state index >= 15 is 0 Å². The Morgan fingerprint density at radius 1 is 1.31 bits per heavy atom. The summed E-state index contributed by atoms with van der Waals surface area (Å²) in [5, 5.41) is 2.84. The first kappa shape index (κ1) is 21.6. The molecule has 1 saturated carbocycles. The predicted octanol–water partition coefficient (Wildman–Crippen LogP) is 3.60. The number of benzene rings is 1. The van der Waals surface area contributed by atoms with Gasteiger partial charge in [-0.05, 0) is 42.7 Å². The molecule has 1 spiro atoms. The summed E-state index contributed by atoms with van der Waals surface area (Å²) in [6, 6.07) is 5.82. The zero-order chi connectivity index (χ0) is 21.2. The van der Waals surface area contributed by atoms with Gasteiger partial charge in [0, 0.05) is 10.6 Å². The van der Waals surface area contributed by atoms with Gasteiger partial charge in [0.1, 0.15) is 24.5 Å². The van der Waals surface area contributed by atoms with Crippen LogP contribution in [0.15, 0.2) is 29.2 Å². The van der Waals surface area contributed by atoms with Crippen LogP contribution in [0.1, 0.15) is 40.0 Å². The molecule has 1 saturated heterocycles. The summed E-state index contributed by atoms with van der Waals surface area (Å²) in [6.45, 7) is 5.91. The smallest absolute Gasteiger partial charge is 0.326 e. The third-order valence-electron chi connectivity index (χ3n) is 5.35. The average Bonchev–Trinajstić information content (AvgIpc) is 2.81. The van der Waals surface area contributed by atoms with Crippen LogP contribution < -0.4 is 5.32 Å². The summed E-state index contributed by atoms with van der Waals surface area (Å²) >= 11 is 1.24. The lowest BCUT2D eigenvalue weighted by molar-refractivity contribution is -0.148. The number of nitrogens with one attached hydrogen (secondary N) is 1. The van der Waals surface area contributed by atoms with E-state index in [9.17, 15) is 18.8 Å². The van der Waals surface area contributed by atoms with Crippen LogP contribution in [0.3, 0.4) is 0 Å². The number of carbonyl (C=O) groups is 3. The number of urea groups is 1. The zero-order valence-corrected chi connectivity index (χ0v) is 17.8. The molecule has 2 fully saturated rings. The van der Waals surface area contributed by atoms with Crippen molar-refractivity contribution in [2.75, 3.05) is 18.9 Å². The van der Waals surface area contributed by atoms with E-state index in [4.69, 9.17) is 4.74 Å². The Morgan fingerprint density at radius 2 is 2.03 bits per heavy atom. The molecular weight excluding hydrogens is 395 g/mol. The second-order valence-electron chi connectivity index (χ2n) is 8.76. The Morgan fingerprint density at radius 3 is 2.72 bits per heavy atom. The van der Waals surface area contributed by atoms with Gasteiger partial charge in [0.05, 0.1) is 0 Å². The summed E-state index contributed by atoms with van der Waals surface area (Å²) in [5.41, 5.74) is -1.000. The fourth-order valence-corrected chi connectivity index (χ4v) is 5.46. The van der Waals surface area contributed by atoms with Crippen LogP contribution in [0.4, 0.5) is 9.18 Å². The van der Waals surface area contributed by atoms with E-state index in [2.05, 4.69) is 26.1 Å². The fraction of sp³-hybridized carbons (Fsp3) is 0.571. The maximum atomic E-state index is 13.6. The second kappa shape index (κ2) is 8.34. The van der Waals surface area contributed by atoms with Gasteiger partial charge in [-0.15, -0.1) is 11.8 Å². The minimum atomic E-state index is -0.931. The molecule has 1 aromatic carbocycles. The van der Waals surface area contributed by atoms with Crippen LogP contribution in [-0.2, 0) is 14.3 Å². The van der Waals surface area contributed by atoms with Crippen molar-refractivity contribution in [3.8, 4) is 0 Å². The Labute approximate surface area is 174 Å². The van der Waals surface area contributed by atoms with Gasteiger partial charge in [0.25, 0.3) is 5.91 Å². The molecule has 0 radical (unpaired) electrons. The lowest BCUT2D eigenvalue weighted by Gasteiger charge is -2.43. The third kappa shape index (κ3) is 4.91. The second-order valence-corrected chi connectivity index (χ2v) is 9.89. The van der Waals surface area contributed by atoms with Crippen molar-refractivity contribution in [1.82, 2.24) is 10.2 Å². The average molecular weight is 423 g/mol. The summed E-state index contributed by atoms with van der Waals surface area (Å²) in [5.74, 6) is -0.645. The maximum Gasteiger partial charge on any atom is 0.326 e. The number of esters is 1. The molecule has 0 unspecified atom stereocenters. The molecule has 158 valence electrons. The Hall–Kier alpha value is -2.09. The number of imide groups is 1. The molecule has 1 aromatic rings. The van der Waals surface area contributed by atoms with E-state index in [1.165, 1.54) is 17.8 Å². The first-order valence-electron chi connectivity index (χ1n) is 9.79. The van der Waals surface area contributed by atoms with Gasteiger partial charge in [-0.2, -0.15) is 0 Å². The van der Waals surface area contributed by atoms with Crippen LogP contribution in [0.25, 0.3) is 0 Å². The molecule has 0 aromatic heterocycles. The van der Waals surface area contributed by atoms with Gasteiger partial charge < -0.3 is 10.1 Å². The van der Waals surface area contributed by atoms with Crippen LogP contribution >= 0.6 is 11.8 Å². The number of hydrogen-bond acceptors (Lipinski definition) is 5. The van der Waals surface area contributed by atoms with Gasteiger partial charge in [-0.3, -0.25) is 14.5 Å². The zero-order valence-electron chi connectivity index (χ0n) is 17.0. The molecule has 1 aliphatic carbocycles. The summed E-state index contributed by atoms with van der Waals surface area (Å²) in [4.78, 5) is 39.0. The fourth-order valence-electron chi connectivity index (χ4n) is 4.69. The van der Waals surface area contributed by atoms with Crippen molar-refractivity contribution in [3.05, 3.63) is 30.1 Å². The monoisotopic (exact) mass is 422 g/mol. The lowest BCUT2D eigenvalue weighted by Crippen LogP contribution is -2.54. The number of rotatable bonds is 6. The molecule has 2 atom stereocenters. The van der Waals surface area contributed by atoms with Crippen LogP contribution in [0, 0.1) is 17.2 Å². The molecule has 1 heterocycles. The standard InChI is InChI=1S/C21H27FN2O4S/c1-14-10-20(2,3)13-21(11-14)18(26)24(19(27)23-21)12-17(25)28-8-9-29-16-7-5-4-6-15(16)22/h4-7,14H,8-13H2,1-3H3,(H,23,27)/t14-,21-/m1/s1. The van der Waals surface area contributed by atoms with Crippen molar-refractivity contribution in [1.29, 1.82) is 0 Å². The lowest BCUT2D eigenvalue weighted by atomic mass is 9.64. The largest absolute Gasteiger partial charge is 0.463 e. The van der Waals surface area contributed by atoms with E-state index in [1.54, 1.807) is 18.2 Å². The van der Waals surface area contributed by atoms with Crippen LogP contribution in [0.5, 0.6) is 0 Å². The summed E-state index contributed by atoms with van der Waals surface area (Å²) in [7, 11) is 0. The quantitative estimate of drug-likeness (QED) is 0.328. The van der Waals surface area contributed by atoms with Gasteiger partial charge in [0.15, 0.2) is 0 Å². The molecule has 6 nitrogen and oxygen atoms in total. The van der Waals surface area contributed by atoms with E-state index < -0.39 is 24.1 Å². The summed E-state index contributed by atoms with van der Waals surface area (Å²) in [6.07, 6.45) is 2.12. The van der Waals surface area contributed by atoms with Crippen molar-refractivity contribution >= 4 is 29.7 Å². The Bertz CT molecular complexity index is 816. The third-order valence-corrected chi connectivity index (χ3v) is 6.36. The Kier molecular flexibility index (Phi) is 6.22. The number of halogens is 1. The highest BCUT2D eigenvalue weighted by molar-refractivity contribution is 7.99. The van der Waals surface area contributed by atoms with Gasteiger partial charge in [-0.25, -0.2) is 9.18 Å². The molecule has 29 heavy (non-hydrogen) atoms. The number of thioether (sulfide) groups is 1. The van der Waals surface area contributed by atoms with Crippen LogP contribution in [0.2, 0.25) is 0 Å². The molecule has 3 rings (SSSR count). The molecule has 0 bridgehead atoms. The highest BCUT2D eigenvalue weighted by Crippen LogP contribution is 2.46. The molecule has 1 aliphatic heterocycles. The molecule has 1 N–H and O–H groups in total. The van der Waals surface area contributed by atoms with Gasteiger partial charge >= 0.3 is 12.0 Å². The highest BCUT2D eigenvalue weighted by Gasteiger charge is 2.56. The van der Waals surface area contributed by atoms with E-state index in [1.807, 2.05) is 0 Å². The SMILES string of the molecule is C[C@@H]1CC(C)(C)C[C@@]2(C1)NC(=O)N(CC(=O)OCCSc1ccccc1F)C2=O. The number of carbonyl (C=O) groups excluding carboxylic acids is 3. The molecule has 8 heteroatoms. The molecular formula is C21H27FN2O4S. The number of ether oxygens (including phenoxy) is 1. The molecule has 3 amide bonds. The first-order valence-corrected chi connectivity index (χ1v) is 10.8.